The molecule has 0 saturated carbocycles. The number of nitrogens with zero attached hydrogens (tertiary/aromatic N) is 1. The van der Waals surface area contributed by atoms with Gasteiger partial charge < -0.3 is 11.1 Å². The Morgan fingerprint density at radius 3 is 2.80 bits per heavy atom. The van der Waals surface area contributed by atoms with Crippen LogP contribution in [0.5, 0.6) is 0 Å². The van der Waals surface area contributed by atoms with E-state index in [9.17, 15) is 0 Å². The smallest absolute Gasteiger partial charge is 0.180 e. The Morgan fingerprint density at radius 1 is 1.47 bits per heavy atom. The zero-order valence-electron chi connectivity index (χ0n) is 9.84. The highest BCUT2D eigenvalue weighted by Gasteiger charge is 2.10. The van der Waals surface area contributed by atoms with Crippen molar-refractivity contribution in [3.8, 4) is 0 Å². The average molecular weight is 227 g/mol. The van der Waals surface area contributed by atoms with Crippen molar-refractivity contribution in [2.24, 2.45) is 5.92 Å². The quantitative estimate of drug-likeness (QED) is 0.734. The van der Waals surface area contributed by atoms with E-state index in [1.807, 2.05) is 0 Å². The maximum atomic E-state index is 5.74. The maximum Gasteiger partial charge on any atom is 0.180 e. The van der Waals surface area contributed by atoms with Crippen LogP contribution in [0.3, 0.4) is 0 Å². The number of nitrogens with one attached hydrogen (secondary N) is 1. The first-order valence-corrected chi connectivity index (χ1v) is 6.39. The molecule has 3 N–H and O–H groups in total. The van der Waals surface area contributed by atoms with Gasteiger partial charge in [-0.05, 0) is 25.3 Å². The largest absolute Gasteiger partial charge is 0.375 e. The number of nitrogens with two attached hydrogens (primary N) is 1. The molecule has 0 aliphatic rings. The summed E-state index contributed by atoms with van der Waals surface area (Å²) in [4.78, 5) is 5.69. The molecule has 1 heterocycles. The first kappa shape index (κ1) is 12.5. The molecule has 15 heavy (non-hydrogen) atoms. The van der Waals surface area contributed by atoms with Gasteiger partial charge in [0.15, 0.2) is 5.13 Å². The molecule has 0 radical (unpaired) electrons. The summed E-state index contributed by atoms with van der Waals surface area (Å²) in [6, 6.07) is 0. The van der Waals surface area contributed by atoms with Crippen LogP contribution < -0.4 is 11.1 Å². The Morgan fingerprint density at radius 2 is 2.20 bits per heavy atom. The highest BCUT2D eigenvalue weighted by Crippen LogP contribution is 2.22. The zero-order chi connectivity index (χ0) is 11.3. The summed E-state index contributed by atoms with van der Waals surface area (Å²) in [6.07, 6.45) is 2.19. The standard InChI is InChI=1S/C11H21N3S/c1-4-5-13-7-10-9(6-8(2)3)14-11(12)15-10/h8,13H,4-7H2,1-3H3,(H2,12,14). The fraction of sp³-hybridized carbons (Fsp3) is 0.727. The Bertz CT molecular complexity index is 294. The molecule has 0 amide bonds. The summed E-state index contributed by atoms with van der Waals surface area (Å²) >= 11 is 1.61. The van der Waals surface area contributed by atoms with Gasteiger partial charge in [-0.15, -0.1) is 11.3 Å². The van der Waals surface area contributed by atoms with Crippen molar-refractivity contribution in [1.82, 2.24) is 10.3 Å². The molecule has 0 aromatic carbocycles. The van der Waals surface area contributed by atoms with Gasteiger partial charge in [0.05, 0.1) is 5.69 Å². The van der Waals surface area contributed by atoms with E-state index >= 15 is 0 Å². The minimum absolute atomic E-state index is 0.636. The molecule has 0 unspecified atom stereocenters. The highest BCUT2D eigenvalue weighted by molar-refractivity contribution is 7.15. The molecule has 0 spiro atoms. The molecule has 86 valence electrons. The van der Waals surface area contributed by atoms with Crippen LogP contribution in [-0.2, 0) is 13.0 Å². The Hall–Kier alpha value is -0.610. The number of aromatic nitrogens is 1. The number of hydrogen-bond acceptors (Lipinski definition) is 4. The van der Waals surface area contributed by atoms with Crippen molar-refractivity contribution in [2.45, 2.75) is 40.2 Å². The molecule has 0 fully saturated rings. The molecular weight excluding hydrogens is 206 g/mol. The molecule has 0 saturated heterocycles. The Labute approximate surface area is 96.1 Å². The van der Waals surface area contributed by atoms with Crippen LogP contribution in [0.2, 0.25) is 0 Å². The van der Waals surface area contributed by atoms with E-state index in [2.05, 4.69) is 31.1 Å². The molecule has 1 aromatic heterocycles. The molecule has 0 atom stereocenters. The molecule has 3 nitrogen and oxygen atoms in total. The maximum absolute atomic E-state index is 5.74. The lowest BCUT2D eigenvalue weighted by molar-refractivity contribution is 0.623. The van der Waals surface area contributed by atoms with Gasteiger partial charge >= 0.3 is 0 Å². The second-order valence-corrected chi connectivity index (χ2v) is 5.31. The Kier molecular flexibility index (Phi) is 5.05. The normalized spacial score (nSPS) is 11.2. The third kappa shape index (κ3) is 4.18. The topological polar surface area (TPSA) is 50.9 Å². The summed E-state index contributed by atoms with van der Waals surface area (Å²) in [6.45, 7) is 8.55. The molecule has 0 aliphatic carbocycles. The van der Waals surface area contributed by atoms with Crippen LogP contribution in [0.25, 0.3) is 0 Å². The average Bonchev–Trinajstić information content (AvgIpc) is 2.46. The molecule has 0 bridgehead atoms. The predicted molar refractivity (Wildman–Crippen MR) is 67.1 cm³/mol. The van der Waals surface area contributed by atoms with E-state index in [1.165, 1.54) is 10.6 Å². The monoisotopic (exact) mass is 227 g/mol. The number of rotatable bonds is 6. The van der Waals surface area contributed by atoms with Gasteiger partial charge in [0, 0.05) is 11.4 Å². The van der Waals surface area contributed by atoms with Gasteiger partial charge in [-0.25, -0.2) is 4.98 Å². The van der Waals surface area contributed by atoms with Crippen LogP contribution >= 0.6 is 11.3 Å². The van der Waals surface area contributed by atoms with Crippen molar-refractivity contribution in [1.29, 1.82) is 0 Å². The van der Waals surface area contributed by atoms with E-state index in [-0.39, 0.29) is 0 Å². The van der Waals surface area contributed by atoms with Gasteiger partial charge in [0.25, 0.3) is 0 Å². The minimum atomic E-state index is 0.636. The van der Waals surface area contributed by atoms with Crippen molar-refractivity contribution >= 4 is 16.5 Å². The van der Waals surface area contributed by atoms with Crippen LogP contribution in [0.15, 0.2) is 0 Å². The SMILES string of the molecule is CCCNCc1sc(N)nc1CC(C)C. The van der Waals surface area contributed by atoms with E-state index in [1.54, 1.807) is 11.3 Å². The first-order chi connectivity index (χ1) is 7.13. The van der Waals surface area contributed by atoms with Crippen molar-refractivity contribution in [3.63, 3.8) is 0 Å². The summed E-state index contributed by atoms with van der Waals surface area (Å²) in [7, 11) is 0. The van der Waals surface area contributed by atoms with Crippen molar-refractivity contribution in [2.75, 3.05) is 12.3 Å². The lowest BCUT2D eigenvalue weighted by Gasteiger charge is -2.05. The van der Waals surface area contributed by atoms with Gasteiger partial charge in [-0.3, -0.25) is 0 Å². The van der Waals surface area contributed by atoms with E-state index in [0.29, 0.717) is 11.0 Å². The number of thiazole rings is 1. The molecule has 1 rings (SSSR count). The number of anilines is 1. The van der Waals surface area contributed by atoms with Crippen LogP contribution in [0.4, 0.5) is 5.13 Å². The lowest BCUT2D eigenvalue weighted by atomic mass is 10.1. The summed E-state index contributed by atoms with van der Waals surface area (Å²) < 4.78 is 0. The van der Waals surface area contributed by atoms with Gasteiger partial charge in [-0.1, -0.05) is 20.8 Å². The Balaban J connectivity index is 2.59. The van der Waals surface area contributed by atoms with Gasteiger partial charge in [0.2, 0.25) is 0 Å². The van der Waals surface area contributed by atoms with Crippen LogP contribution in [-0.4, -0.2) is 11.5 Å². The van der Waals surface area contributed by atoms with E-state index < -0.39 is 0 Å². The third-order valence-electron chi connectivity index (χ3n) is 2.11. The number of hydrogen-bond donors (Lipinski definition) is 2. The summed E-state index contributed by atoms with van der Waals surface area (Å²) in [5, 5.41) is 4.09. The van der Waals surface area contributed by atoms with Crippen LogP contribution in [0.1, 0.15) is 37.8 Å². The molecule has 0 aliphatic heterocycles. The van der Waals surface area contributed by atoms with E-state index in [0.717, 1.165) is 25.9 Å². The van der Waals surface area contributed by atoms with Gasteiger partial charge in [-0.2, -0.15) is 0 Å². The second kappa shape index (κ2) is 6.08. The van der Waals surface area contributed by atoms with Crippen molar-refractivity contribution < 1.29 is 0 Å². The van der Waals surface area contributed by atoms with Gasteiger partial charge in [0.1, 0.15) is 0 Å². The highest BCUT2D eigenvalue weighted by atomic mass is 32.1. The predicted octanol–water partition coefficient (Wildman–Crippen LogP) is 2.42. The van der Waals surface area contributed by atoms with Crippen LogP contribution in [0, 0.1) is 5.92 Å². The van der Waals surface area contributed by atoms with Crippen molar-refractivity contribution in [3.05, 3.63) is 10.6 Å². The van der Waals surface area contributed by atoms with E-state index in [4.69, 9.17) is 5.73 Å². The fourth-order valence-corrected chi connectivity index (χ4v) is 2.30. The molecular formula is C11H21N3S. The zero-order valence-corrected chi connectivity index (χ0v) is 10.7. The number of nitrogen functional groups attached to an aromatic ring is 1. The fourth-order valence-electron chi connectivity index (χ4n) is 1.47. The second-order valence-electron chi connectivity index (χ2n) is 4.20. The molecule has 1 aromatic rings. The third-order valence-corrected chi connectivity index (χ3v) is 3.04. The summed E-state index contributed by atoms with van der Waals surface area (Å²) in [5.41, 5.74) is 6.92. The first-order valence-electron chi connectivity index (χ1n) is 5.58. The minimum Gasteiger partial charge on any atom is -0.375 e. The lowest BCUT2D eigenvalue weighted by Crippen LogP contribution is -2.14. The molecule has 4 heteroatoms. The summed E-state index contributed by atoms with van der Waals surface area (Å²) in [5.74, 6) is 0.636.